The third-order valence-corrected chi connectivity index (χ3v) is 3.51. The van der Waals surface area contributed by atoms with Crippen molar-refractivity contribution < 1.29 is 0 Å². The highest BCUT2D eigenvalue weighted by Crippen LogP contribution is 2.17. The summed E-state index contributed by atoms with van der Waals surface area (Å²) in [4.78, 5) is 2.53. The molecule has 1 heterocycles. The molecule has 0 aromatic heterocycles. The molecule has 0 spiro atoms. The van der Waals surface area contributed by atoms with Gasteiger partial charge in [0, 0.05) is 6.54 Å². The Morgan fingerprint density at radius 3 is 2.38 bits per heavy atom. The predicted octanol–water partition coefficient (Wildman–Crippen LogP) is 2.34. The molecule has 1 aliphatic heterocycles. The third kappa shape index (κ3) is 2.83. The largest absolute Gasteiger partial charge is 0.330 e. The van der Waals surface area contributed by atoms with Crippen molar-refractivity contribution in [1.82, 2.24) is 4.90 Å². The van der Waals surface area contributed by atoms with Gasteiger partial charge in [-0.25, -0.2) is 0 Å². The van der Waals surface area contributed by atoms with Crippen LogP contribution in [0.1, 0.15) is 36.8 Å². The molecule has 16 heavy (non-hydrogen) atoms. The van der Waals surface area contributed by atoms with Gasteiger partial charge >= 0.3 is 0 Å². The van der Waals surface area contributed by atoms with E-state index in [1.54, 1.807) is 0 Å². The highest BCUT2D eigenvalue weighted by atomic mass is 15.1. The average Bonchev–Trinajstić information content (AvgIpc) is 2.82. The number of likely N-dealkylation sites (tertiary alicyclic amines) is 1. The Balaban J connectivity index is 1.96. The van der Waals surface area contributed by atoms with Crippen LogP contribution < -0.4 is 5.73 Å². The fourth-order valence-corrected chi connectivity index (χ4v) is 2.29. The van der Waals surface area contributed by atoms with Crippen LogP contribution in [0.4, 0.5) is 0 Å². The molecule has 2 heteroatoms. The van der Waals surface area contributed by atoms with Crippen molar-refractivity contribution in [2.45, 2.75) is 32.2 Å². The van der Waals surface area contributed by atoms with Gasteiger partial charge in [0.15, 0.2) is 0 Å². The zero-order valence-electron chi connectivity index (χ0n) is 10.2. The normalized spacial score (nSPS) is 18.9. The van der Waals surface area contributed by atoms with E-state index in [-0.39, 0.29) is 0 Å². The first-order chi connectivity index (χ1) is 7.79. The SMILES string of the molecule is CC(CN)c1ccc(CN2CCCC2)cc1. The highest BCUT2D eigenvalue weighted by Gasteiger charge is 2.11. The zero-order valence-corrected chi connectivity index (χ0v) is 10.2. The quantitative estimate of drug-likeness (QED) is 0.840. The van der Waals surface area contributed by atoms with Crippen LogP contribution >= 0.6 is 0 Å². The third-order valence-electron chi connectivity index (χ3n) is 3.51. The monoisotopic (exact) mass is 218 g/mol. The molecule has 1 fully saturated rings. The van der Waals surface area contributed by atoms with Crippen molar-refractivity contribution >= 4 is 0 Å². The molecule has 0 radical (unpaired) electrons. The van der Waals surface area contributed by atoms with Crippen molar-refractivity contribution in [1.29, 1.82) is 0 Å². The Hall–Kier alpha value is -0.860. The van der Waals surface area contributed by atoms with Crippen LogP contribution in [-0.2, 0) is 6.54 Å². The molecule has 0 saturated carbocycles. The van der Waals surface area contributed by atoms with Crippen molar-refractivity contribution in [3.05, 3.63) is 35.4 Å². The van der Waals surface area contributed by atoms with Crippen molar-refractivity contribution in [2.75, 3.05) is 19.6 Å². The smallest absolute Gasteiger partial charge is 0.0233 e. The van der Waals surface area contributed by atoms with E-state index in [9.17, 15) is 0 Å². The molecule has 1 atom stereocenters. The van der Waals surface area contributed by atoms with Gasteiger partial charge in [-0.15, -0.1) is 0 Å². The minimum Gasteiger partial charge on any atom is -0.330 e. The molecule has 0 aliphatic carbocycles. The molecule has 0 bridgehead atoms. The molecule has 2 nitrogen and oxygen atoms in total. The Kier molecular flexibility index (Phi) is 3.97. The van der Waals surface area contributed by atoms with Gasteiger partial charge in [-0.2, -0.15) is 0 Å². The molecule has 1 aromatic carbocycles. The fourth-order valence-electron chi connectivity index (χ4n) is 2.29. The van der Waals surface area contributed by atoms with Gasteiger partial charge in [-0.1, -0.05) is 31.2 Å². The molecule has 1 saturated heterocycles. The van der Waals surface area contributed by atoms with Crippen LogP contribution in [-0.4, -0.2) is 24.5 Å². The van der Waals surface area contributed by atoms with Crippen LogP contribution in [0.15, 0.2) is 24.3 Å². The van der Waals surface area contributed by atoms with Crippen LogP contribution in [0.3, 0.4) is 0 Å². The topological polar surface area (TPSA) is 29.3 Å². The highest BCUT2D eigenvalue weighted by molar-refractivity contribution is 5.25. The van der Waals surface area contributed by atoms with E-state index in [0.717, 1.165) is 13.1 Å². The van der Waals surface area contributed by atoms with Gasteiger partial charge in [-0.3, -0.25) is 4.90 Å². The van der Waals surface area contributed by atoms with E-state index in [1.807, 2.05) is 0 Å². The summed E-state index contributed by atoms with van der Waals surface area (Å²) in [6.07, 6.45) is 2.73. The van der Waals surface area contributed by atoms with Crippen molar-refractivity contribution in [3.8, 4) is 0 Å². The summed E-state index contributed by atoms with van der Waals surface area (Å²) in [6, 6.07) is 8.95. The fraction of sp³-hybridized carbons (Fsp3) is 0.571. The minimum atomic E-state index is 0.473. The Morgan fingerprint density at radius 2 is 1.81 bits per heavy atom. The van der Waals surface area contributed by atoms with E-state index < -0.39 is 0 Å². The predicted molar refractivity (Wildman–Crippen MR) is 68.4 cm³/mol. The average molecular weight is 218 g/mol. The maximum absolute atomic E-state index is 5.67. The first-order valence-corrected chi connectivity index (χ1v) is 6.31. The van der Waals surface area contributed by atoms with Crippen LogP contribution in [0, 0.1) is 0 Å². The van der Waals surface area contributed by atoms with Gasteiger partial charge in [0.25, 0.3) is 0 Å². The summed E-state index contributed by atoms with van der Waals surface area (Å²) in [5.74, 6) is 0.473. The van der Waals surface area contributed by atoms with Gasteiger partial charge < -0.3 is 5.73 Å². The minimum absolute atomic E-state index is 0.473. The molecule has 88 valence electrons. The van der Waals surface area contributed by atoms with Gasteiger partial charge in [0.05, 0.1) is 0 Å². The summed E-state index contributed by atoms with van der Waals surface area (Å²) in [7, 11) is 0. The number of hydrogen-bond donors (Lipinski definition) is 1. The number of benzene rings is 1. The number of nitrogens with two attached hydrogens (primary N) is 1. The summed E-state index contributed by atoms with van der Waals surface area (Å²) in [6.45, 7) is 6.54. The molecule has 2 N–H and O–H groups in total. The molecule has 0 amide bonds. The summed E-state index contributed by atoms with van der Waals surface area (Å²) in [5, 5.41) is 0. The Bertz CT molecular complexity index is 312. The summed E-state index contributed by atoms with van der Waals surface area (Å²) in [5.41, 5.74) is 8.45. The van der Waals surface area contributed by atoms with Crippen LogP contribution in [0.25, 0.3) is 0 Å². The molecule has 2 rings (SSSR count). The molecule has 1 aromatic rings. The number of nitrogens with zero attached hydrogens (tertiary/aromatic N) is 1. The zero-order chi connectivity index (χ0) is 11.4. The van der Waals surface area contributed by atoms with Crippen molar-refractivity contribution in [3.63, 3.8) is 0 Å². The van der Waals surface area contributed by atoms with E-state index in [0.29, 0.717) is 5.92 Å². The molecule has 1 aliphatic rings. The second-order valence-corrected chi connectivity index (χ2v) is 4.86. The number of rotatable bonds is 4. The first kappa shape index (κ1) is 11.6. The summed E-state index contributed by atoms with van der Waals surface area (Å²) >= 11 is 0. The van der Waals surface area contributed by atoms with Crippen LogP contribution in [0.2, 0.25) is 0 Å². The van der Waals surface area contributed by atoms with Gasteiger partial charge in [0.1, 0.15) is 0 Å². The maximum Gasteiger partial charge on any atom is 0.0233 e. The second kappa shape index (κ2) is 5.46. The molecular weight excluding hydrogens is 196 g/mol. The second-order valence-electron chi connectivity index (χ2n) is 4.86. The van der Waals surface area contributed by atoms with Crippen molar-refractivity contribution in [2.24, 2.45) is 5.73 Å². The van der Waals surface area contributed by atoms with E-state index >= 15 is 0 Å². The van der Waals surface area contributed by atoms with Gasteiger partial charge in [0.2, 0.25) is 0 Å². The molecular formula is C14H22N2. The Morgan fingerprint density at radius 1 is 1.19 bits per heavy atom. The lowest BCUT2D eigenvalue weighted by atomic mass is 10.00. The standard InChI is InChI=1S/C14H22N2/c1-12(10-15)14-6-4-13(5-7-14)11-16-8-2-3-9-16/h4-7,12H,2-3,8-11,15H2,1H3. The number of hydrogen-bond acceptors (Lipinski definition) is 2. The first-order valence-electron chi connectivity index (χ1n) is 6.31. The lowest BCUT2D eigenvalue weighted by molar-refractivity contribution is 0.331. The summed E-state index contributed by atoms with van der Waals surface area (Å²) < 4.78 is 0. The Labute approximate surface area is 98.4 Å². The van der Waals surface area contributed by atoms with Gasteiger partial charge in [-0.05, 0) is 49.5 Å². The lowest BCUT2D eigenvalue weighted by Crippen LogP contribution is -2.18. The van der Waals surface area contributed by atoms with E-state index in [2.05, 4.69) is 36.1 Å². The maximum atomic E-state index is 5.67. The van der Waals surface area contributed by atoms with E-state index in [1.165, 1.54) is 37.1 Å². The van der Waals surface area contributed by atoms with E-state index in [4.69, 9.17) is 5.73 Å². The van der Waals surface area contributed by atoms with Crippen LogP contribution in [0.5, 0.6) is 0 Å². The lowest BCUT2D eigenvalue weighted by Gasteiger charge is -2.15. The molecule has 1 unspecified atom stereocenters.